The van der Waals surface area contributed by atoms with Crippen molar-refractivity contribution in [3.63, 3.8) is 0 Å². The average Bonchev–Trinajstić information content (AvgIpc) is 3.13. The second kappa shape index (κ2) is 9.06. The summed E-state index contributed by atoms with van der Waals surface area (Å²) in [5.74, 6) is 0.431. The third-order valence-electron chi connectivity index (χ3n) is 6.20. The molecule has 2 amide bonds. The van der Waals surface area contributed by atoms with E-state index in [-0.39, 0.29) is 11.8 Å². The van der Waals surface area contributed by atoms with Gasteiger partial charge in [0.2, 0.25) is 0 Å². The summed E-state index contributed by atoms with van der Waals surface area (Å²) in [4.78, 5) is 31.2. The van der Waals surface area contributed by atoms with Gasteiger partial charge in [-0.15, -0.1) is 0 Å². The number of aryl methyl sites for hydroxylation is 1. The molecule has 0 bridgehead atoms. The van der Waals surface area contributed by atoms with Gasteiger partial charge in [-0.25, -0.2) is 4.90 Å². The molecule has 0 fully saturated rings. The predicted octanol–water partition coefficient (Wildman–Crippen LogP) is 4.83. The Morgan fingerprint density at radius 1 is 0.912 bits per heavy atom. The Labute approximate surface area is 199 Å². The molecule has 5 rings (SSSR count). The highest BCUT2D eigenvalue weighted by molar-refractivity contribution is 6.46. The number of rotatable bonds is 6. The van der Waals surface area contributed by atoms with Gasteiger partial charge in [0.15, 0.2) is 0 Å². The fourth-order valence-corrected chi connectivity index (χ4v) is 4.74. The third kappa shape index (κ3) is 3.61. The molecule has 0 aliphatic carbocycles. The second-order valence-corrected chi connectivity index (χ2v) is 8.18. The number of benzene rings is 3. The molecule has 6 nitrogen and oxygen atoms in total. The Morgan fingerprint density at radius 3 is 2.53 bits per heavy atom. The van der Waals surface area contributed by atoms with E-state index in [1.807, 2.05) is 54.3 Å². The van der Waals surface area contributed by atoms with Crippen molar-refractivity contribution in [3.8, 4) is 11.5 Å². The van der Waals surface area contributed by atoms with Crippen molar-refractivity contribution in [1.29, 1.82) is 0 Å². The van der Waals surface area contributed by atoms with Crippen LogP contribution in [0.4, 0.5) is 11.4 Å². The van der Waals surface area contributed by atoms with Crippen LogP contribution >= 0.6 is 0 Å². The number of hydrogen-bond donors (Lipinski definition) is 0. The molecule has 0 N–H and O–H groups in total. The summed E-state index contributed by atoms with van der Waals surface area (Å²) < 4.78 is 11.2. The van der Waals surface area contributed by atoms with Crippen molar-refractivity contribution in [2.24, 2.45) is 0 Å². The van der Waals surface area contributed by atoms with Crippen molar-refractivity contribution in [2.75, 3.05) is 30.1 Å². The van der Waals surface area contributed by atoms with Crippen LogP contribution in [0.1, 0.15) is 24.5 Å². The minimum absolute atomic E-state index is 0.348. The molecule has 0 atom stereocenters. The van der Waals surface area contributed by atoms with Crippen molar-refractivity contribution in [1.82, 2.24) is 0 Å². The van der Waals surface area contributed by atoms with Gasteiger partial charge in [-0.1, -0.05) is 42.5 Å². The first-order valence-electron chi connectivity index (χ1n) is 11.5. The summed E-state index contributed by atoms with van der Waals surface area (Å²) in [5.41, 5.74) is 3.93. The summed E-state index contributed by atoms with van der Waals surface area (Å²) in [7, 11) is 1.57. The maximum absolute atomic E-state index is 14.0. The van der Waals surface area contributed by atoms with Crippen LogP contribution in [0.25, 0.3) is 5.57 Å². The molecule has 0 saturated carbocycles. The number of imide groups is 1. The molecular formula is C28H26N2O4. The molecule has 0 unspecified atom stereocenters. The normalized spacial score (nSPS) is 15.6. The Bertz CT molecular complexity index is 1300. The SMILES string of the molecule is CCOc1cccc(N2C(=O)C(c3ccccc3OC)=C(N3CCCc4ccccc43)C2=O)c1. The van der Waals surface area contributed by atoms with E-state index in [2.05, 4.69) is 6.07 Å². The Kier molecular flexibility index (Phi) is 5.80. The smallest absolute Gasteiger partial charge is 0.282 e. The quantitative estimate of drug-likeness (QED) is 0.500. The lowest BCUT2D eigenvalue weighted by Crippen LogP contribution is -2.37. The first kappa shape index (κ1) is 21.8. The van der Waals surface area contributed by atoms with E-state index in [9.17, 15) is 9.59 Å². The summed E-state index contributed by atoms with van der Waals surface area (Å²) in [6.07, 6.45) is 1.83. The summed E-state index contributed by atoms with van der Waals surface area (Å²) in [5, 5.41) is 0. The molecule has 3 aromatic carbocycles. The topological polar surface area (TPSA) is 59.1 Å². The van der Waals surface area contributed by atoms with Gasteiger partial charge in [0.05, 0.1) is 25.0 Å². The second-order valence-electron chi connectivity index (χ2n) is 8.18. The van der Waals surface area contributed by atoms with Crippen LogP contribution in [0.5, 0.6) is 11.5 Å². The average molecular weight is 455 g/mol. The van der Waals surface area contributed by atoms with Crippen LogP contribution < -0.4 is 19.3 Å². The van der Waals surface area contributed by atoms with Gasteiger partial charge < -0.3 is 14.4 Å². The number of para-hydroxylation sites is 2. The fourth-order valence-electron chi connectivity index (χ4n) is 4.74. The van der Waals surface area contributed by atoms with Crippen LogP contribution in [-0.4, -0.2) is 32.1 Å². The van der Waals surface area contributed by atoms with E-state index in [1.54, 1.807) is 31.4 Å². The third-order valence-corrected chi connectivity index (χ3v) is 6.20. The van der Waals surface area contributed by atoms with E-state index in [4.69, 9.17) is 9.47 Å². The lowest BCUT2D eigenvalue weighted by molar-refractivity contribution is -0.120. The molecule has 2 aliphatic heterocycles. The minimum atomic E-state index is -0.374. The molecule has 34 heavy (non-hydrogen) atoms. The molecular weight excluding hydrogens is 428 g/mol. The molecule has 2 heterocycles. The highest BCUT2D eigenvalue weighted by Gasteiger charge is 2.44. The van der Waals surface area contributed by atoms with E-state index in [0.29, 0.717) is 47.2 Å². The Balaban J connectivity index is 1.70. The molecule has 0 spiro atoms. The Morgan fingerprint density at radius 2 is 1.71 bits per heavy atom. The Hall–Kier alpha value is -4.06. The highest BCUT2D eigenvalue weighted by atomic mass is 16.5. The molecule has 0 saturated heterocycles. The zero-order chi connectivity index (χ0) is 23.7. The van der Waals surface area contributed by atoms with E-state index in [1.165, 1.54) is 4.90 Å². The molecule has 6 heteroatoms. The number of hydrogen-bond acceptors (Lipinski definition) is 5. The van der Waals surface area contributed by atoms with Crippen molar-refractivity contribution < 1.29 is 19.1 Å². The number of methoxy groups -OCH3 is 1. The number of ether oxygens (including phenoxy) is 2. The van der Waals surface area contributed by atoms with E-state index < -0.39 is 0 Å². The van der Waals surface area contributed by atoms with E-state index >= 15 is 0 Å². The van der Waals surface area contributed by atoms with Gasteiger partial charge in [0.1, 0.15) is 17.2 Å². The van der Waals surface area contributed by atoms with Crippen molar-refractivity contribution in [3.05, 3.63) is 89.6 Å². The zero-order valence-electron chi connectivity index (χ0n) is 19.3. The number of anilines is 2. The largest absolute Gasteiger partial charge is 0.496 e. The summed E-state index contributed by atoms with van der Waals surface area (Å²) in [6.45, 7) is 3.04. The van der Waals surface area contributed by atoms with Crippen molar-refractivity contribution >= 4 is 28.8 Å². The highest BCUT2D eigenvalue weighted by Crippen LogP contribution is 2.42. The molecule has 172 valence electrons. The van der Waals surface area contributed by atoms with E-state index in [0.717, 1.165) is 24.1 Å². The lowest BCUT2D eigenvalue weighted by Gasteiger charge is -2.32. The fraction of sp³-hybridized carbons (Fsp3) is 0.214. The monoisotopic (exact) mass is 454 g/mol. The summed E-state index contributed by atoms with van der Waals surface area (Å²) in [6, 6.07) is 22.5. The van der Waals surface area contributed by atoms with Crippen LogP contribution in [0, 0.1) is 0 Å². The molecule has 2 aliphatic rings. The number of nitrogens with zero attached hydrogens (tertiary/aromatic N) is 2. The first-order valence-corrected chi connectivity index (χ1v) is 11.5. The van der Waals surface area contributed by atoms with Crippen LogP contribution in [0.3, 0.4) is 0 Å². The van der Waals surface area contributed by atoms with Gasteiger partial charge in [0.25, 0.3) is 11.8 Å². The van der Waals surface area contributed by atoms with Gasteiger partial charge in [-0.2, -0.15) is 0 Å². The maximum Gasteiger partial charge on any atom is 0.282 e. The molecule has 0 aromatic heterocycles. The van der Waals surface area contributed by atoms with Gasteiger partial charge in [-0.3, -0.25) is 9.59 Å². The zero-order valence-corrected chi connectivity index (χ0v) is 19.3. The first-order chi connectivity index (χ1) is 16.6. The molecule has 3 aromatic rings. The van der Waals surface area contributed by atoms with Crippen LogP contribution in [0.15, 0.2) is 78.5 Å². The number of fused-ring (bicyclic) bond motifs is 1. The van der Waals surface area contributed by atoms with Gasteiger partial charge >= 0.3 is 0 Å². The van der Waals surface area contributed by atoms with Crippen LogP contribution in [0.2, 0.25) is 0 Å². The number of carbonyl (C=O) groups excluding carboxylic acids is 2. The lowest BCUT2D eigenvalue weighted by atomic mass is 9.98. The van der Waals surface area contributed by atoms with Crippen LogP contribution in [-0.2, 0) is 16.0 Å². The molecule has 0 radical (unpaired) electrons. The summed E-state index contributed by atoms with van der Waals surface area (Å²) >= 11 is 0. The van der Waals surface area contributed by atoms with Gasteiger partial charge in [0, 0.05) is 23.9 Å². The predicted molar refractivity (Wildman–Crippen MR) is 132 cm³/mol. The maximum atomic E-state index is 14.0. The number of amides is 2. The van der Waals surface area contributed by atoms with Crippen molar-refractivity contribution in [2.45, 2.75) is 19.8 Å². The van der Waals surface area contributed by atoms with Gasteiger partial charge in [-0.05, 0) is 49.6 Å². The minimum Gasteiger partial charge on any atom is -0.496 e. The number of carbonyl (C=O) groups is 2. The standard InChI is InChI=1S/C28H26N2O4/c1-3-34-21-13-8-12-20(18-21)30-27(31)25(22-14-5-7-16-24(22)33-2)26(28(30)32)29-17-9-11-19-10-4-6-15-23(19)29/h4-8,10,12-16,18H,3,9,11,17H2,1-2H3.